The van der Waals surface area contributed by atoms with E-state index in [1.165, 1.54) is 25.7 Å². The van der Waals surface area contributed by atoms with Crippen LogP contribution in [0.5, 0.6) is 0 Å². The molecule has 0 aliphatic heterocycles. The molecule has 4 heteroatoms. The standard InChI is InChI=1S/C11H14ClN3/c12-11-8-10(9-4-1-2-5-9)14-15(11)7-3-6-13/h8-9H,1-5,7H2. The van der Waals surface area contributed by atoms with Gasteiger partial charge in [0.25, 0.3) is 0 Å². The van der Waals surface area contributed by atoms with Crippen LogP contribution in [-0.2, 0) is 6.54 Å². The van der Waals surface area contributed by atoms with Gasteiger partial charge in [0.15, 0.2) is 0 Å². The lowest BCUT2D eigenvalue weighted by atomic mass is 10.1. The van der Waals surface area contributed by atoms with Crippen LogP contribution in [0.15, 0.2) is 6.07 Å². The zero-order valence-electron chi connectivity index (χ0n) is 8.62. The van der Waals surface area contributed by atoms with Gasteiger partial charge in [-0.2, -0.15) is 10.4 Å². The van der Waals surface area contributed by atoms with Crippen LogP contribution in [-0.4, -0.2) is 9.78 Å². The SMILES string of the molecule is N#CCCn1nc(C2CCCC2)cc1Cl. The van der Waals surface area contributed by atoms with Gasteiger partial charge in [-0.05, 0) is 18.9 Å². The van der Waals surface area contributed by atoms with Crippen LogP contribution in [0, 0.1) is 11.3 Å². The van der Waals surface area contributed by atoms with Gasteiger partial charge < -0.3 is 0 Å². The lowest BCUT2D eigenvalue weighted by Crippen LogP contribution is -2.01. The predicted molar refractivity (Wildman–Crippen MR) is 58.7 cm³/mol. The fourth-order valence-corrected chi connectivity index (χ4v) is 2.38. The van der Waals surface area contributed by atoms with E-state index in [2.05, 4.69) is 11.2 Å². The molecule has 1 aromatic rings. The maximum atomic E-state index is 8.50. The van der Waals surface area contributed by atoms with Gasteiger partial charge in [0, 0.05) is 5.92 Å². The fourth-order valence-electron chi connectivity index (χ4n) is 2.15. The number of nitriles is 1. The molecule has 2 rings (SSSR count). The average Bonchev–Trinajstić information content (AvgIpc) is 2.83. The van der Waals surface area contributed by atoms with E-state index in [4.69, 9.17) is 16.9 Å². The predicted octanol–water partition coefficient (Wildman–Crippen LogP) is 3.11. The second-order valence-corrected chi connectivity index (χ2v) is 4.39. The minimum atomic E-state index is 0.464. The zero-order chi connectivity index (χ0) is 10.7. The Morgan fingerprint density at radius 1 is 1.53 bits per heavy atom. The highest BCUT2D eigenvalue weighted by molar-refractivity contribution is 6.29. The van der Waals surface area contributed by atoms with Gasteiger partial charge in [0.05, 0.1) is 24.7 Å². The summed E-state index contributed by atoms with van der Waals surface area (Å²) < 4.78 is 1.73. The Kier molecular flexibility index (Phi) is 3.27. The van der Waals surface area contributed by atoms with E-state index < -0.39 is 0 Å². The molecule has 0 bridgehead atoms. The minimum absolute atomic E-state index is 0.464. The number of rotatable bonds is 3. The van der Waals surface area contributed by atoms with Crippen molar-refractivity contribution in [2.24, 2.45) is 0 Å². The van der Waals surface area contributed by atoms with Crippen molar-refractivity contribution in [3.05, 3.63) is 16.9 Å². The molecule has 1 heterocycles. The van der Waals surface area contributed by atoms with E-state index in [0.29, 0.717) is 24.0 Å². The van der Waals surface area contributed by atoms with E-state index in [1.54, 1.807) is 4.68 Å². The summed E-state index contributed by atoms with van der Waals surface area (Å²) >= 11 is 6.05. The van der Waals surface area contributed by atoms with Crippen LogP contribution in [0.1, 0.15) is 43.7 Å². The molecule has 1 aromatic heterocycles. The van der Waals surface area contributed by atoms with Crippen molar-refractivity contribution < 1.29 is 0 Å². The molecule has 0 spiro atoms. The lowest BCUT2D eigenvalue weighted by Gasteiger charge is -2.03. The van der Waals surface area contributed by atoms with Crippen molar-refractivity contribution in [1.29, 1.82) is 5.26 Å². The second-order valence-electron chi connectivity index (χ2n) is 4.00. The highest BCUT2D eigenvalue weighted by Crippen LogP contribution is 2.34. The van der Waals surface area contributed by atoms with Crippen LogP contribution < -0.4 is 0 Å². The maximum Gasteiger partial charge on any atom is 0.127 e. The van der Waals surface area contributed by atoms with E-state index in [0.717, 1.165) is 5.69 Å². The first-order chi connectivity index (χ1) is 7.31. The molecule has 0 saturated heterocycles. The molecule has 1 saturated carbocycles. The van der Waals surface area contributed by atoms with Crippen LogP contribution in [0.2, 0.25) is 5.15 Å². The monoisotopic (exact) mass is 223 g/mol. The van der Waals surface area contributed by atoms with Crippen LogP contribution >= 0.6 is 11.6 Å². The number of aryl methyl sites for hydroxylation is 1. The molecule has 0 N–H and O–H groups in total. The van der Waals surface area contributed by atoms with Crippen LogP contribution in [0.25, 0.3) is 0 Å². The van der Waals surface area contributed by atoms with Crippen molar-refractivity contribution in [2.45, 2.75) is 44.6 Å². The first kappa shape index (κ1) is 10.5. The van der Waals surface area contributed by atoms with E-state index in [-0.39, 0.29) is 0 Å². The first-order valence-electron chi connectivity index (χ1n) is 5.41. The molecule has 15 heavy (non-hydrogen) atoms. The summed E-state index contributed by atoms with van der Waals surface area (Å²) in [5.74, 6) is 0.589. The normalized spacial score (nSPS) is 16.8. The third kappa shape index (κ3) is 2.32. The largest absolute Gasteiger partial charge is 0.253 e. The minimum Gasteiger partial charge on any atom is -0.253 e. The van der Waals surface area contributed by atoms with Gasteiger partial charge in [0.2, 0.25) is 0 Å². The number of aromatic nitrogens is 2. The topological polar surface area (TPSA) is 41.6 Å². The summed E-state index contributed by atoms with van der Waals surface area (Å²) in [5, 5.41) is 13.6. The quantitative estimate of drug-likeness (QED) is 0.790. The van der Waals surface area contributed by atoms with Crippen molar-refractivity contribution in [2.75, 3.05) is 0 Å². The number of hydrogen-bond acceptors (Lipinski definition) is 2. The summed E-state index contributed by atoms with van der Waals surface area (Å²) in [5.41, 5.74) is 1.11. The fraction of sp³-hybridized carbons (Fsp3) is 0.636. The molecule has 0 unspecified atom stereocenters. The molecule has 0 aromatic carbocycles. The van der Waals surface area contributed by atoms with Crippen LogP contribution in [0.4, 0.5) is 0 Å². The van der Waals surface area contributed by atoms with E-state index in [9.17, 15) is 0 Å². The molecule has 1 aliphatic rings. The Hall–Kier alpha value is -1.01. The Bertz CT molecular complexity index is 372. The van der Waals surface area contributed by atoms with Gasteiger partial charge >= 0.3 is 0 Å². The molecular formula is C11H14ClN3. The first-order valence-corrected chi connectivity index (χ1v) is 5.79. The van der Waals surface area contributed by atoms with Crippen molar-refractivity contribution in [3.63, 3.8) is 0 Å². The molecule has 0 radical (unpaired) electrons. The lowest BCUT2D eigenvalue weighted by molar-refractivity contribution is 0.595. The van der Waals surface area contributed by atoms with Crippen molar-refractivity contribution in [1.82, 2.24) is 9.78 Å². The summed E-state index contributed by atoms with van der Waals surface area (Å²) in [6.07, 6.45) is 5.52. The third-order valence-electron chi connectivity index (χ3n) is 2.96. The molecular weight excluding hydrogens is 210 g/mol. The smallest absolute Gasteiger partial charge is 0.127 e. The molecule has 0 atom stereocenters. The summed E-state index contributed by atoms with van der Waals surface area (Å²) in [6, 6.07) is 4.06. The van der Waals surface area contributed by atoms with Crippen molar-refractivity contribution in [3.8, 4) is 6.07 Å². The van der Waals surface area contributed by atoms with Gasteiger partial charge in [-0.3, -0.25) is 4.68 Å². The summed E-state index contributed by atoms with van der Waals surface area (Å²) in [7, 11) is 0. The Morgan fingerprint density at radius 2 is 2.27 bits per heavy atom. The van der Waals surface area contributed by atoms with E-state index in [1.807, 2.05) is 6.07 Å². The number of hydrogen-bond donors (Lipinski definition) is 0. The van der Waals surface area contributed by atoms with Gasteiger partial charge in [-0.25, -0.2) is 0 Å². The third-order valence-corrected chi connectivity index (χ3v) is 3.26. The Labute approximate surface area is 94.6 Å². The molecule has 0 amide bonds. The van der Waals surface area contributed by atoms with E-state index >= 15 is 0 Å². The Balaban J connectivity index is 2.10. The summed E-state index contributed by atoms with van der Waals surface area (Å²) in [6.45, 7) is 0.599. The zero-order valence-corrected chi connectivity index (χ0v) is 9.37. The number of nitrogens with zero attached hydrogens (tertiary/aromatic N) is 3. The molecule has 80 valence electrons. The van der Waals surface area contributed by atoms with Gasteiger partial charge in [-0.1, -0.05) is 24.4 Å². The number of halogens is 1. The molecule has 1 fully saturated rings. The van der Waals surface area contributed by atoms with Crippen LogP contribution in [0.3, 0.4) is 0 Å². The second kappa shape index (κ2) is 4.67. The van der Waals surface area contributed by atoms with Gasteiger partial charge in [0.1, 0.15) is 5.15 Å². The maximum absolute atomic E-state index is 8.50. The highest BCUT2D eigenvalue weighted by Gasteiger charge is 2.20. The van der Waals surface area contributed by atoms with Crippen molar-refractivity contribution >= 4 is 11.6 Å². The molecule has 1 aliphatic carbocycles. The Morgan fingerprint density at radius 3 is 2.93 bits per heavy atom. The molecule has 3 nitrogen and oxygen atoms in total. The summed E-state index contributed by atoms with van der Waals surface area (Å²) in [4.78, 5) is 0. The van der Waals surface area contributed by atoms with Gasteiger partial charge in [-0.15, -0.1) is 0 Å². The average molecular weight is 224 g/mol. The highest BCUT2D eigenvalue weighted by atomic mass is 35.5.